The molecule has 2 aromatic carbocycles. The average molecular weight is 460 g/mol. The number of halogens is 3. The summed E-state index contributed by atoms with van der Waals surface area (Å²) in [5, 5.41) is 7.08. The molecule has 0 saturated heterocycles. The van der Waals surface area contributed by atoms with Gasteiger partial charge in [-0.05, 0) is 54.7 Å². The molecule has 0 aliphatic heterocycles. The third-order valence-electron chi connectivity index (χ3n) is 4.95. The van der Waals surface area contributed by atoms with Crippen molar-refractivity contribution in [1.29, 1.82) is 0 Å². The second-order valence-corrected chi connectivity index (χ2v) is 7.82. The maximum atomic E-state index is 13.8. The average Bonchev–Trinajstić information content (AvgIpc) is 3.24. The normalized spacial score (nSPS) is 11.6. The molecule has 32 heavy (non-hydrogen) atoms. The lowest BCUT2D eigenvalue weighted by molar-refractivity contribution is 0.0941. The Morgan fingerprint density at radius 2 is 2.06 bits per heavy atom. The standard InChI is InChI=1S/C24H24ClF2N3O2/c1-3-4-6-16(19-14-18(25)10-9-15(19)2)11-12-28-24(31)23-29-21(32-30-23)13-17-7-5-8-20(26)22(17)27/h5-10,14H,3-4,11-13H2,1-2H3,(H,28,31)/b16-6-. The predicted molar refractivity (Wildman–Crippen MR) is 119 cm³/mol. The minimum atomic E-state index is -0.973. The third kappa shape index (κ3) is 6.01. The molecule has 0 bridgehead atoms. The van der Waals surface area contributed by atoms with Gasteiger partial charge in [-0.3, -0.25) is 4.79 Å². The number of carbonyl (C=O) groups excluding carboxylic acids is 1. The summed E-state index contributed by atoms with van der Waals surface area (Å²) >= 11 is 6.17. The Morgan fingerprint density at radius 1 is 1.25 bits per heavy atom. The Kier molecular flexibility index (Phi) is 8.11. The van der Waals surface area contributed by atoms with Crippen LogP contribution in [0.15, 0.2) is 47.0 Å². The van der Waals surface area contributed by atoms with E-state index in [4.69, 9.17) is 16.1 Å². The number of benzene rings is 2. The number of aryl methyl sites for hydroxylation is 1. The van der Waals surface area contributed by atoms with Gasteiger partial charge in [0.15, 0.2) is 11.6 Å². The van der Waals surface area contributed by atoms with Crippen LogP contribution in [0, 0.1) is 18.6 Å². The molecule has 3 aromatic rings. The van der Waals surface area contributed by atoms with Crippen molar-refractivity contribution in [2.75, 3.05) is 6.54 Å². The number of unbranched alkanes of at least 4 members (excludes halogenated alkanes) is 1. The zero-order valence-corrected chi connectivity index (χ0v) is 18.7. The van der Waals surface area contributed by atoms with E-state index in [0.717, 1.165) is 35.6 Å². The van der Waals surface area contributed by atoms with E-state index < -0.39 is 17.5 Å². The number of hydrogen-bond donors (Lipinski definition) is 1. The maximum Gasteiger partial charge on any atom is 0.292 e. The van der Waals surface area contributed by atoms with Crippen molar-refractivity contribution < 1.29 is 18.1 Å². The number of aromatic nitrogens is 2. The zero-order valence-electron chi connectivity index (χ0n) is 17.9. The molecule has 0 aliphatic rings. The van der Waals surface area contributed by atoms with Crippen molar-refractivity contribution in [2.45, 2.75) is 39.5 Å². The Hall–Kier alpha value is -3.06. The molecule has 1 amide bonds. The van der Waals surface area contributed by atoms with Crippen LogP contribution in [0.25, 0.3) is 5.57 Å². The lowest BCUT2D eigenvalue weighted by Gasteiger charge is -2.12. The Morgan fingerprint density at radius 3 is 2.84 bits per heavy atom. The first kappa shape index (κ1) is 23.6. The van der Waals surface area contributed by atoms with E-state index in [1.807, 2.05) is 25.1 Å². The van der Waals surface area contributed by atoms with Crippen LogP contribution in [0.1, 0.15) is 59.4 Å². The predicted octanol–water partition coefficient (Wildman–Crippen LogP) is 5.90. The topological polar surface area (TPSA) is 68.0 Å². The van der Waals surface area contributed by atoms with Crippen molar-refractivity contribution in [3.8, 4) is 0 Å². The van der Waals surface area contributed by atoms with Crippen molar-refractivity contribution in [3.05, 3.63) is 87.5 Å². The highest BCUT2D eigenvalue weighted by atomic mass is 35.5. The van der Waals surface area contributed by atoms with Crippen LogP contribution in [0.4, 0.5) is 8.78 Å². The highest BCUT2D eigenvalue weighted by Gasteiger charge is 2.17. The van der Waals surface area contributed by atoms with Gasteiger partial charge >= 0.3 is 0 Å². The van der Waals surface area contributed by atoms with Gasteiger partial charge in [-0.1, -0.05) is 54.4 Å². The molecular weight excluding hydrogens is 436 g/mol. The summed E-state index contributed by atoms with van der Waals surface area (Å²) in [6, 6.07) is 9.59. The van der Waals surface area contributed by atoms with E-state index >= 15 is 0 Å². The van der Waals surface area contributed by atoms with E-state index in [0.29, 0.717) is 18.0 Å². The lowest BCUT2D eigenvalue weighted by atomic mass is 9.97. The Labute approximate surface area is 190 Å². The maximum absolute atomic E-state index is 13.8. The first-order chi connectivity index (χ1) is 15.4. The van der Waals surface area contributed by atoms with Crippen molar-refractivity contribution in [1.82, 2.24) is 15.5 Å². The molecule has 3 rings (SSSR count). The van der Waals surface area contributed by atoms with Crippen LogP contribution in [0.5, 0.6) is 0 Å². The quantitative estimate of drug-likeness (QED) is 0.432. The molecule has 1 heterocycles. The highest BCUT2D eigenvalue weighted by molar-refractivity contribution is 6.30. The van der Waals surface area contributed by atoms with Crippen LogP contribution >= 0.6 is 11.6 Å². The largest absolute Gasteiger partial charge is 0.349 e. The minimum absolute atomic E-state index is 0.0257. The fourth-order valence-electron chi connectivity index (χ4n) is 3.26. The van der Waals surface area contributed by atoms with E-state index in [2.05, 4.69) is 28.5 Å². The van der Waals surface area contributed by atoms with Gasteiger partial charge in [0.2, 0.25) is 5.89 Å². The smallest absolute Gasteiger partial charge is 0.292 e. The van der Waals surface area contributed by atoms with Gasteiger partial charge in [-0.25, -0.2) is 8.78 Å². The summed E-state index contributed by atoms with van der Waals surface area (Å²) < 4.78 is 32.2. The summed E-state index contributed by atoms with van der Waals surface area (Å²) in [6.45, 7) is 4.49. The third-order valence-corrected chi connectivity index (χ3v) is 5.18. The van der Waals surface area contributed by atoms with E-state index in [-0.39, 0.29) is 23.7 Å². The molecule has 5 nitrogen and oxygen atoms in total. The van der Waals surface area contributed by atoms with Crippen molar-refractivity contribution in [2.24, 2.45) is 0 Å². The number of nitrogens with one attached hydrogen (secondary N) is 1. The van der Waals surface area contributed by atoms with Crippen LogP contribution in [0.3, 0.4) is 0 Å². The fourth-order valence-corrected chi connectivity index (χ4v) is 3.43. The SMILES string of the molecule is CCC/C=C(/CCNC(=O)c1noc(Cc2cccc(F)c2F)n1)c1cc(Cl)ccc1C. The molecule has 0 atom stereocenters. The first-order valence-electron chi connectivity index (χ1n) is 10.4. The van der Waals surface area contributed by atoms with Gasteiger partial charge in [-0.15, -0.1) is 0 Å². The van der Waals surface area contributed by atoms with E-state index in [1.165, 1.54) is 12.1 Å². The molecule has 0 aliphatic carbocycles. The Bertz CT molecular complexity index is 1130. The first-order valence-corrected chi connectivity index (χ1v) is 10.8. The van der Waals surface area contributed by atoms with Gasteiger partial charge in [0.25, 0.3) is 11.7 Å². The molecular formula is C24H24ClF2N3O2. The number of rotatable bonds is 9. The van der Waals surface area contributed by atoms with E-state index in [9.17, 15) is 13.6 Å². The van der Waals surface area contributed by atoms with Crippen molar-refractivity contribution >= 4 is 23.1 Å². The number of amides is 1. The summed E-state index contributed by atoms with van der Waals surface area (Å²) in [6.07, 6.45) is 4.58. The number of carbonyl (C=O) groups is 1. The van der Waals surface area contributed by atoms with Gasteiger partial charge in [0.1, 0.15) is 0 Å². The minimum Gasteiger partial charge on any atom is -0.349 e. The number of nitrogens with zero attached hydrogens (tertiary/aromatic N) is 2. The summed E-state index contributed by atoms with van der Waals surface area (Å²) in [5.74, 6) is -2.56. The number of allylic oxidation sites excluding steroid dienone is 1. The van der Waals surface area contributed by atoms with E-state index in [1.54, 1.807) is 0 Å². The molecule has 0 saturated carbocycles. The second-order valence-electron chi connectivity index (χ2n) is 7.38. The molecule has 0 radical (unpaired) electrons. The molecule has 0 unspecified atom stereocenters. The molecule has 0 spiro atoms. The van der Waals surface area contributed by atoms with Crippen molar-refractivity contribution in [3.63, 3.8) is 0 Å². The summed E-state index contributed by atoms with van der Waals surface area (Å²) in [7, 11) is 0. The van der Waals surface area contributed by atoms with Crippen LogP contribution in [-0.2, 0) is 6.42 Å². The van der Waals surface area contributed by atoms with Gasteiger partial charge in [0, 0.05) is 17.1 Å². The second kappa shape index (κ2) is 11.0. The Balaban J connectivity index is 1.62. The molecule has 1 N–H and O–H groups in total. The lowest BCUT2D eigenvalue weighted by Crippen LogP contribution is -2.25. The van der Waals surface area contributed by atoms with Crippen LogP contribution < -0.4 is 5.32 Å². The molecule has 0 fully saturated rings. The van der Waals surface area contributed by atoms with Crippen LogP contribution in [-0.4, -0.2) is 22.6 Å². The van der Waals surface area contributed by atoms with Gasteiger partial charge in [-0.2, -0.15) is 4.98 Å². The van der Waals surface area contributed by atoms with Crippen LogP contribution in [0.2, 0.25) is 5.02 Å². The fraction of sp³-hybridized carbons (Fsp3) is 0.292. The highest BCUT2D eigenvalue weighted by Crippen LogP contribution is 2.26. The molecule has 1 aromatic heterocycles. The monoisotopic (exact) mass is 459 g/mol. The summed E-state index contributed by atoms with van der Waals surface area (Å²) in [4.78, 5) is 16.4. The van der Waals surface area contributed by atoms with Gasteiger partial charge in [0.05, 0.1) is 6.42 Å². The molecule has 8 heteroatoms. The summed E-state index contributed by atoms with van der Waals surface area (Å²) in [5.41, 5.74) is 3.33. The number of hydrogen-bond acceptors (Lipinski definition) is 4. The van der Waals surface area contributed by atoms with Gasteiger partial charge < -0.3 is 9.84 Å². The zero-order chi connectivity index (χ0) is 23.1. The molecule has 168 valence electrons.